The average molecular weight is 459 g/mol. The molecule has 1 saturated heterocycles. The molecule has 8 heteroatoms. The fourth-order valence-electron chi connectivity index (χ4n) is 4.68. The maximum absolute atomic E-state index is 13.2. The van der Waals surface area contributed by atoms with E-state index in [-0.39, 0.29) is 24.7 Å². The van der Waals surface area contributed by atoms with Crippen LogP contribution < -0.4 is 14.2 Å². The summed E-state index contributed by atoms with van der Waals surface area (Å²) in [5.41, 5.74) is 2.17. The summed E-state index contributed by atoms with van der Waals surface area (Å²) in [7, 11) is 0. The summed E-state index contributed by atoms with van der Waals surface area (Å²) >= 11 is 0. The van der Waals surface area contributed by atoms with Crippen molar-refractivity contribution in [1.82, 2.24) is 4.90 Å². The van der Waals surface area contributed by atoms with Crippen molar-refractivity contribution < 1.29 is 33.3 Å². The molecule has 0 aliphatic carbocycles. The molecule has 1 N–H and O–H groups in total. The van der Waals surface area contributed by atoms with Crippen molar-refractivity contribution in [3.05, 3.63) is 82.8 Å². The number of Topliss-reactive ketones (excluding diaryl/α,β-unsaturated/α-hetero) is 1. The first-order valence-electron chi connectivity index (χ1n) is 11.1. The van der Waals surface area contributed by atoms with Crippen molar-refractivity contribution in [2.24, 2.45) is 0 Å². The number of likely N-dealkylation sites (tertiary alicyclic amines) is 1. The highest BCUT2D eigenvalue weighted by Gasteiger charge is 2.47. The molecule has 1 aromatic heterocycles. The monoisotopic (exact) mass is 459 g/mol. The summed E-state index contributed by atoms with van der Waals surface area (Å²) in [6.07, 6.45) is 3.17. The second-order valence-corrected chi connectivity index (χ2v) is 8.40. The zero-order valence-electron chi connectivity index (χ0n) is 18.2. The minimum atomic E-state index is -0.868. The Bertz CT molecular complexity index is 1320. The van der Waals surface area contributed by atoms with Gasteiger partial charge in [0.25, 0.3) is 11.7 Å². The number of hydrogen-bond donors (Lipinski definition) is 1. The molecule has 0 spiro atoms. The van der Waals surface area contributed by atoms with Crippen LogP contribution in [0.3, 0.4) is 0 Å². The molecule has 172 valence electrons. The molecule has 3 aliphatic heterocycles. The number of rotatable bonds is 4. The fourth-order valence-corrected chi connectivity index (χ4v) is 4.68. The Morgan fingerprint density at radius 1 is 1.00 bits per heavy atom. The number of hydrogen-bond acceptors (Lipinski definition) is 7. The third-order valence-electron chi connectivity index (χ3n) is 6.32. The standard InChI is InChI=1S/C26H21NO7/c28-24(17-6-8-18-16(12-17)3-1-9-31-18)22-23(20-4-2-10-32-20)27(26(30)25(22)29)13-15-5-7-19-21(11-15)34-14-33-19/h2,4-8,10-12,23,28H,1,3,9,13-14H2/b24-22-. The summed E-state index contributed by atoms with van der Waals surface area (Å²) in [6.45, 7) is 0.921. The van der Waals surface area contributed by atoms with Gasteiger partial charge in [-0.15, -0.1) is 0 Å². The van der Waals surface area contributed by atoms with E-state index in [0.717, 1.165) is 29.7 Å². The summed E-state index contributed by atoms with van der Waals surface area (Å²) in [4.78, 5) is 27.7. The van der Waals surface area contributed by atoms with E-state index in [1.807, 2.05) is 12.1 Å². The number of carbonyl (C=O) groups is 2. The second-order valence-electron chi connectivity index (χ2n) is 8.40. The number of carbonyl (C=O) groups excluding carboxylic acids is 2. The van der Waals surface area contributed by atoms with Crippen LogP contribution in [0.2, 0.25) is 0 Å². The Hall–Kier alpha value is -4.20. The molecule has 1 unspecified atom stereocenters. The highest BCUT2D eigenvalue weighted by Crippen LogP contribution is 2.42. The third kappa shape index (κ3) is 3.30. The number of aryl methyl sites for hydroxylation is 1. The van der Waals surface area contributed by atoms with Gasteiger partial charge in [-0.05, 0) is 66.4 Å². The lowest BCUT2D eigenvalue weighted by atomic mass is 9.96. The van der Waals surface area contributed by atoms with Gasteiger partial charge in [0, 0.05) is 12.1 Å². The Kier molecular flexibility index (Phi) is 4.79. The van der Waals surface area contributed by atoms with Gasteiger partial charge in [0.15, 0.2) is 11.5 Å². The van der Waals surface area contributed by atoms with Crippen LogP contribution >= 0.6 is 0 Å². The van der Waals surface area contributed by atoms with E-state index < -0.39 is 17.7 Å². The van der Waals surface area contributed by atoms with E-state index in [1.54, 1.807) is 36.4 Å². The molecule has 2 aromatic carbocycles. The van der Waals surface area contributed by atoms with E-state index in [2.05, 4.69) is 0 Å². The van der Waals surface area contributed by atoms with Gasteiger partial charge in [-0.25, -0.2) is 0 Å². The number of fused-ring (bicyclic) bond motifs is 2. The number of ether oxygens (including phenoxy) is 3. The molecule has 3 aromatic rings. The van der Waals surface area contributed by atoms with Gasteiger partial charge in [-0.1, -0.05) is 6.07 Å². The number of benzene rings is 2. The van der Waals surface area contributed by atoms with Crippen LogP contribution in [-0.2, 0) is 22.6 Å². The Morgan fingerprint density at radius 3 is 2.71 bits per heavy atom. The topological polar surface area (TPSA) is 98.4 Å². The van der Waals surface area contributed by atoms with E-state index >= 15 is 0 Å². The highest BCUT2D eigenvalue weighted by molar-refractivity contribution is 6.46. The zero-order valence-corrected chi connectivity index (χ0v) is 18.2. The lowest BCUT2D eigenvalue weighted by molar-refractivity contribution is -0.140. The van der Waals surface area contributed by atoms with E-state index in [9.17, 15) is 14.7 Å². The van der Waals surface area contributed by atoms with Crippen LogP contribution in [0.4, 0.5) is 0 Å². The quantitative estimate of drug-likeness (QED) is 0.358. The van der Waals surface area contributed by atoms with Crippen molar-refractivity contribution >= 4 is 17.4 Å². The summed E-state index contributed by atoms with van der Waals surface area (Å²) < 4.78 is 22.1. The zero-order chi connectivity index (χ0) is 23.2. The SMILES string of the molecule is O=C1C(=O)N(Cc2ccc3c(c2)OCO3)C(c2ccco2)/C1=C(/O)c1ccc2c(c1)CCCO2. The molecule has 0 radical (unpaired) electrons. The summed E-state index contributed by atoms with van der Waals surface area (Å²) in [5, 5.41) is 11.3. The maximum atomic E-state index is 13.2. The Balaban J connectivity index is 1.42. The normalized spacial score (nSPS) is 20.4. The van der Waals surface area contributed by atoms with Gasteiger partial charge >= 0.3 is 0 Å². The van der Waals surface area contributed by atoms with Crippen molar-refractivity contribution in [2.75, 3.05) is 13.4 Å². The smallest absolute Gasteiger partial charge is 0.296 e. The molecule has 8 nitrogen and oxygen atoms in total. The maximum Gasteiger partial charge on any atom is 0.296 e. The molecule has 3 aliphatic rings. The predicted octanol–water partition coefficient (Wildman–Crippen LogP) is 3.96. The molecular weight excluding hydrogens is 438 g/mol. The number of ketones is 1. The van der Waals surface area contributed by atoms with E-state index in [4.69, 9.17) is 18.6 Å². The lowest BCUT2D eigenvalue weighted by Gasteiger charge is -2.23. The average Bonchev–Trinajstić information content (AvgIpc) is 3.60. The Labute approximate surface area is 194 Å². The second kappa shape index (κ2) is 7.98. The molecular formula is C26H21NO7. The first kappa shape index (κ1) is 20.4. The van der Waals surface area contributed by atoms with Gasteiger partial charge in [0.05, 0.1) is 18.4 Å². The van der Waals surface area contributed by atoms with Crippen LogP contribution in [0.1, 0.15) is 34.9 Å². The lowest BCUT2D eigenvalue weighted by Crippen LogP contribution is -2.29. The van der Waals surface area contributed by atoms with Gasteiger partial charge in [-0.3, -0.25) is 9.59 Å². The fraction of sp³-hybridized carbons (Fsp3) is 0.231. The van der Waals surface area contributed by atoms with Gasteiger partial charge in [0.1, 0.15) is 23.3 Å². The number of furan rings is 1. The molecule has 1 atom stereocenters. The molecule has 34 heavy (non-hydrogen) atoms. The molecule has 0 bridgehead atoms. The first-order valence-corrected chi connectivity index (χ1v) is 11.1. The third-order valence-corrected chi connectivity index (χ3v) is 6.32. The molecule has 1 amide bonds. The van der Waals surface area contributed by atoms with E-state index in [1.165, 1.54) is 11.2 Å². The number of aliphatic hydroxyl groups is 1. The summed E-state index contributed by atoms with van der Waals surface area (Å²) in [5.74, 6) is 0.679. The van der Waals surface area contributed by atoms with Crippen molar-refractivity contribution in [3.63, 3.8) is 0 Å². The van der Waals surface area contributed by atoms with Gasteiger partial charge in [-0.2, -0.15) is 0 Å². The first-order chi connectivity index (χ1) is 16.6. The number of aliphatic hydroxyl groups excluding tert-OH is 1. The van der Waals surface area contributed by atoms with E-state index in [0.29, 0.717) is 29.4 Å². The van der Waals surface area contributed by atoms with Crippen LogP contribution in [0.15, 0.2) is 64.8 Å². The minimum Gasteiger partial charge on any atom is -0.507 e. The number of nitrogens with zero attached hydrogens (tertiary/aromatic N) is 1. The molecule has 1 fully saturated rings. The minimum absolute atomic E-state index is 0.00243. The molecule has 6 rings (SSSR count). The number of amides is 1. The van der Waals surface area contributed by atoms with Crippen LogP contribution in [-0.4, -0.2) is 35.1 Å². The van der Waals surface area contributed by atoms with Crippen molar-refractivity contribution in [1.29, 1.82) is 0 Å². The largest absolute Gasteiger partial charge is 0.507 e. The van der Waals surface area contributed by atoms with Crippen LogP contribution in [0.25, 0.3) is 5.76 Å². The van der Waals surface area contributed by atoms with Crippen LogP contribution in [0, 0.1) is 0 Å². The van der Waals surface area contributed by atoms with Gasteiger partial charge in [0.2, 0.25) is 6.79 Å². The van der Waals surface area contributed by atoms with Gasteiger partial charge < -0.3 is 28.6 Å². The molecule has 4 heterocycles. The Morgan fingerprint density at radius 2 is 1.85 bits per heavy atom. The predicted molar refractivity (Wildman–Crippen MR) is 119 cm³/mol. The summed E-state index contributed by atoms with van der Waals surface area (Å²) in [6, 6.07) is 13.2. The van der Waals surface area contributed by atoms with Crippen molar-refractivity contribution in [3.8, 4) is 17.2 Å². The van der Waals surface area contributed by atoms with Crippen molar-refractivity contribution in [2.45, 2.75) is 25.4 Å². The van der Waals surface area contributed by atoms with Crippen LogP contribution in [0.5, 0.6) is 17.2 Å². The molecule has 0 saturated carbocycles. The highest BCUT2D eigenvalue weighted by atomic mass is 16.7.